The van der Waals surface area contributed by atoms with Crippen LogP contribution in [-0.2, 0) is 22.7 Å². The van der Waals surface area contributed by atoms with Gasteiger partial charge in [0.25, 0.3) is 5.91 Å². The average molecular weight is 553 g/mol. The van der Waals surface area contributed by atoms with Gasteiger partial charge in [0.15, 0.2) is 0 Å². The average Bonchev–Trinajstić information content (AvgIpc) is 3.01. The molecule has 0 aromatic heterocycles. The Morgan fingerprint density at radius 2 is 1.44 bits per heavy atom. The van der Waals surface area contributed by atoms with E-state index in [4.69, 9.17) is 14.6 Å². The molecule has 41 heavy (non-hydrogen) atoms. The van der Waals surface area contributed by atoms with Crippen molar-refractivity contribution in [2.24, 2.45) is 0 Å². The van der Waals surface area contributed by atoms with Crippen LogP contribution in [0.3, 0.4) is 0 Å². The molecule has 8 heteroatoms. The van der Waals surface area contributed by atoms with Crippen LogP contribution in [0.25, 0.3) is 11.1 Å². The second kappa shape index (κ2) is 14.3. The van der Waals surface area contributed by atoms with Crippen molar-refractivity contribution in [1.82, 2.24) is 10.6 Å². The van der Waals surface area contributed by atoms with Crippen LogP contribution in [0, 0.1) is 0 Å². The largest absolute Gasteiger partial charge is 0.496 e. The van der Waals surface area contributed by atoms with Crippen LogP contribution in [0.5, 0.6) is 11.5 Å². The first-order valence-corrected chi connectivity index (χ1v) is 13.2. The molecule has 0 unspecified atom stereocenters. The van der Waals surface area contributed by atoms with E-state index in [9.17, 15) is 14.4 Å². The van der Waals surface area contributed by atoms with Gasteiger partial charge in [0.2, 0.25) is 5.91 Å². The molecule has 0 spiro atoms. The highest BCUT2D eigenvalue weighted by atomic mass is 16.5. The molecular formula is C33H32N2O6. The maximum absolute atomic E-state index is 12.9. The Labute approximate surface area is 238 Å². The molecule has 210 valence electrons. The lowest BCUT2D eigenvalue weighted by Gasteiger charge is -2.18. The number of ether oxygens (including phenoxy) is 2. The summed E-state index contributed by atoms with van der Waals surface area (Å²) in [5, 5.41) is 14.6. The highest BCUT2D eigenvalue weighted by Gasteiger charge is 2.22. The number of benzene rings is 4. The van der Waals surface area contributed by atoms with Gasteiger partial charge in [-0.25, -0.2) is 0 Å². The number of aliphatic carboxylic acids is 1. The number of carbonyl (C=O) groups is 3. The summed E-state index contributed by atoms with van der Waals surface area (Å²) >= 11 is 0. The van der Waals surface area contributed by atoms with Crippen molar-refractivity contribution >= 4 is 17.8 Å². The van der Waals surface area contributed by atoms with E-state index >= 15 is 0 Å². The van der Waals surface area contributed by atoms with Gasteiger partial charge in [-0.15, -0.1) is 0 Å². The lowest BCUT2D eigenvalue weighted by atomic mass is 10.0. The minimum absolute atomic E-state index is 0.0226. The summed E-state index contributed by atoms with van der Waals surface area (Å²) in [6.45, 7) is 0.656. The van der Waals surface area contributed by atoms with Crippen molar-refractivity contribution in [1.29, 1.82) is 0 Å². The standard InChI is InChI=1S/C33H32N2O6/c1-40-30-10-6-5-9-27(30)22-41-28-17-15-25(16-18-28)24-11-13-26(14-12-24)32(38)35-29(19-20-31(36)37)33(39)34-21-23-7-3-2-4-8-23/h2-18,29H,19-22H2,1H3,(H,34,39)(H,35,38)(H,36,37)/t29-/m0/s1. The summed E-state index contributed by atoms with van der Waals surface area (Å²) in [6, 6.07) is 30.7. The quantitative estimate of drug-likeness (QED) is 0.210. The van der Waals surface area contributed by atoms with E-state index in [1.807, 2.05) is 91.0 Å². The van der Waals surface area contributed by atoms with Crippen LogP contribution in [0.2, 0.25) is 0 Å². The number of hydrogen-bond acceptors (Lipinski definition) is 5. The van der Waals surface area contributed by atoms with Crippen molar-refractivity contribution in [3.63, 3.8) is 0 Å². The molecule has 0 aliphatic rings. The van der Waals surface area contributed by atoms with Gasteiger partial charge >= 0.3 is 5.97 Å². The van der Waals surface area contributed by atoms with Crippen molar-refractivity contribution < 1.29 is 29.0 Å². The second-order valence-corrected chi connectivity index (χ2v) is 9.36. The maximum Gasteiger partial charge on any atom is 0.303 e. The molecule has 4 aromatic carbocycles. The molecule has 0 heterocycles. The maximum atomic E-state index is 12.9. The topological polar surface area (TPSA) is 114 Å². The molecule has 0 fully saturated rings. The van der Waals surface area contributed by atoms with Crippen molar-refractivity contribution in [3.05, 3.63) is 120 Å². The number of hydrogen-bond donors (Lipinski definition) is 3. The Bertz CT molecular complexity index is 1450. The molecule has 0 bridgehead atoms. The Hall–Kier alpha value is -5.11. The van der Waals surface area contributed by atoms with Crippen LogP contribution in [0.4, 0.5) is 0 Å². The summed E-state index contributed by atoms with van der Waals surface area (Å²) in [4.78, 5) is 36.9. The Morgan fingerprint density at radius 3 is 2.10 bits per heavy atom. The predicted octanol–water partition coefficient (Wildman–Crippen LogP) is 5.22. The third-order valence-corrected chi connectivity index (χ3v) is 6.50. The van der Waals surface area contributed by atoms with Crippen molar-refractivity contribution in [2.75, 3.05) is 7.11 Å². The van der Waals surface area contributed by atoms with Crippen LogP contribution in [-0.4, -0.2) is 36.0 Å². The molecule has 2 amide bonds. The fourth-order valence-electron chi connectivity index (χ4n) is 4.23. The summed E-state index contributed by atoms with van der Waals surface area (Å²) in [5.74, 6) is -0.446. The molecular weight excluding hydrogens is 520 g/mol. The SMILES string of the molecule is COc1ccccc1COc1ccc(-c2ccc(C(=O)N[C@@H](CCC(=O)O)C(=O)NCc3ccccc3)cc2)cc1. The number of carboxylic acids is 1. The first kappa shape index (κ1) is 28.9. The normalized spacial score (nSPS) is 11.2. The van der Waals surface area contributed by atoms with Gasteiger partial charge in [-0.2, -0.15) is 0 Å². The Morgan fingerprint density at radius 1 is 0.805 bits per heavy atom. The van der Waals surface area contributed by atoms with E-state index in [0.29, 0.717) is 17.9 Å². The molecule has 0 saturated carbocycles. The summed E-state index contributed by atoms with van der Waals surface area (Å²) in [7, 11) is 1.63. The van der Waals surface area contributed by atoms with E-state index in [0.717, 1.165) is 28.0 Å². The molecule has 3 N–H and O–H groups in total. The fraction of sp³-hybridized carbons (Fsp3) is 0.182. The molecule has 4 aromatic rings. The van der Waals surface area contributed by atoms with Gasteiger partial charge in [-0.05, 0) is 53.4 Å². The van der Waals surface area contributed by atoms with Gasteiger partial charge in [-0.3, -0.25) is 14.4 Å². The lowest BCUT2D eigenvalue weighted by Crippen LogP contribution is -2.46. The van der Waals surface area contributed by atoms with E-state index in [1.165, 1.54) is 0 Å². The number of nitrogens with one attached hydrogen (secondary N) is 2. The number of amides is 2. The minimum atomic E-state index is -1.04. The van der Waals surface area contributed by atoms with Crippen LogP contribution >= 0.6 is 0 Å². The van der Waals surface area contributed by atoms with E-state index in [2.05, 4.69) is 10.6 Å². The van der Waals surface area contributed by atoms with E-state index in [-0.39, 0.29) is 19.4 Å². The van der Waals surface area contributed by atoms with Crippen molar-refractivity contribution in [2.45, 2.75) is 32.0 Å². The van der Waals surface area contributed by atoms with Gasteiger partial charge in [0, 0.05) is 24.1 Å². The summed E-state index contributed by atoms with van der Waals surface area (Å²) < 4.78 is 11.3. The summed E-state index contributed by atoms with van der Waals surface area (Å²) in [6.07, 6.45) is -0.271. The molecule has 0 saturated heterocycles. The zero-order valence-electron chi connectivity index (χ0n) is 22.7. The smallest absolute Gasteiger partial charge is 0.303 e. The molecule has 0 aliphatic heterocycles. The van der Waals surface area contributed by atoms with Crippen LogP contribution in [0.15, 0.2) is 103 Å². The molecule has 8 nitrogen and oxygen atoms in total. The minimum Gasteiger partial charge on any atom is -0.496 e. The molecule has 0 aliphatic carbocycles. The highest BCUT2D eigenvalue weighted by molar-refractivity contribution is 5.98. The summed E-state index contributed by atoms with van der Waals surface area (Å²) in [5.41, 5.74) is 4.06. The molecule has 0 radical (unpaired) electrons. The Balaban J connectivity index is 1.35. The second-order valence-electron chi connectivity index (χ2n) is 9.36. The van der Waals surface area contributed by atoms with Gasteiger partial charge in [-0.1, -0.05) is 72.8 Å². The van der Waals surface area contributed by atoms with Gasteiger partial charge in [0.1, 0.15) is 24.1 Å². The van der Waals surface area contributed by atoms with E-state index < -0.39 is 23.8 Å². The van der Waals surface area contributed by atoms with Gasteiger partial charge < -0.3 is 25.2 Å². The van der Waals surface area contributed by atoms with Crippen LogP contribution in [0.1, 0.15) is 34.3 Å². The third-order valence-electron chi connectivity index (χ3n) is 6.50. The monoisotopic (exact) mass is 552 g/mol. The van der Waals surface area contributed by atoms with E-state index in [1.54, 1.807) is 19.2 Å². The number of para-hydroxylation sites is 1. The molecule has 4 rings (SSSR count). The fourth-order valence-corrected chi connectivity index (χ4v) is 4.23. The zero-order valence-corrected chi connectivity index (χ0v) is 22.7. The number of rotatable bonds is 13. The highest BCUT2D eigenvalue weighted by Crippen LogP contribution is 2.25. The number of carbonyl (C=O) groups excluding carboxylic acids is 2. The Kier molecular flexibility index (Phi) is 10.1. The first-order chi connectivity index (χ1) is 19.9. The van der Waals surface area contributed by atoms with Crippen LogP contribution < -0.4 is 20.1 Å². The van der Waals surface area contributed by atoms with Crippen molar-refractivity contribution in [3.8, 4) is 22.6 Å². The van der Waals surface area contributed by atoms with Gasteiger partial charge in [0.05, 0.1) is 7.11 Å². The molecule has 1 atom stereocenters. The number of methoxy groups -OCH3 is 1. The number of carboxylic acid groups (broad SMARTS) is 1. The first-order valence-electron chi connectivity index (χ1n) is 13.2. The predicted molar refractivity (Wildman–Crippen MR) is 156 cm³/mol. The lowest BCUT2D eigenvalue weighted by molar-refractivity contribution is -0.137. The zero-order chi connectivity index (χ0) is 29.0. The third kappa shape index (κ3) is 8.44.